The first kappa shape index (κ1) is 13.0. The van der Waals surface area contributed by atoms with E-state index in [0.29, 0.717) is 6.04 Å². The molecular formula is C16H20N4O. The number of benzene rings is 1. The number of hydrogen-bond acceptors (Lipinski definition) is 5. The van der Waals surface area contributed by atoms with Crippen LogP contribution in [-0.4, -0.2) is 48.4 Å². The van der Waals surface area contributed by atoms with Gasteiger partial charge in [-0.3, -0.25) is 0 Å². The summed E-state index contributed by atoms with van der Waals surface area (Å²) in [6.45, 7) is 3.37. The fraction of sp³-hybridized carbons (Fsp3) is 0.500. The maximum absolute atomic E-state index is 5.67. The van der Waals surface area contributed by atoms with E-state index in [9.17, 15) is 0 Å². The van der Waals surface area contributed by atoms with E-state index in [1.807, 2.05) is 18.2 Å². The standard InChI is InChI=1S/C16H20N4O/c1-2-4-15-14(3-1)16(19-11-18-15)20-7-8-21-10-13(20)9-17-12-5-6-12/h1-4,11-13,17H,5-10H2. The lowest BCUT2D eigenvalue weighted by atomic mass is 10.1. The molecular weight excluding hydrogens is 264 g/mol. The Morgan fingerprint density at radius 2 is 2.14 bits per heavy atom. The maximum atomic E-state index is 5.67. The van der Waals surface area contributed by atoms with Crippen LogP contribution in [0.15, 0.2) is 30.6 Å². The van der Waals surface area contributed by atoms with Crippen LogP contribution in [0.1, 0.15) is 12.8 Å². The summed E-state index contributed by atoms with van der Waals surface area (Å²) < 4.78 is 5.67. The number of nitrogens with zero attached hydrogens (tertiary/aromatic N) is 3. The third kappa shape index (κ3) is 2.71. The Kier molecular flexibility index (Phi) is 3.45. The summed E-state index contributed by atoms with van der Waals surface area (Å²) in [5.41, 5.74) is 1.00. The molecule has 1 atom stereocenters. The third-order valence-electron chi connectivity index (χ3n) is 4.24. The van der Waals surface area contributed by atoms with E-state index in [4.69, 9.17) is 4.74 Å². The van der Waals surface area contributed by atoms with E-state index in [2.05, 4.69) is 26.3 Å². The lowest BCUT2D eigenvalue weighted by molar-refractivity contribution is 0.0934. The van der Waals surface area contributed by atoms with Crippen LogP contribution in [0.3, 0.4) is 0 Å². The van der Waals surface area contributed by atoms with Crippen molar-refractivity contribution in [3.63, 3.8) is 0 Å². The monoisotopic (exact) mass is 284 g/mol. The van der Waals surface area contributed by atoms with Crippen molar-refractivity contribution in [2.75, 3.05) is 31.2 Å². The molecule has 1 unspecified atom stereocenters. The van der Waals surface area contributed by atoms with Crippen LogP contribution in [0, 0.1) is 0 Å². The highest BCUT2D eigenvalue weighted by Gasteiger charge is 2.28. The summed E-state index contributed by atoms with van der Waals surface area (Å²) in [4.78, 5) is 11.3. The molecule has 5 heteroatoms. The zero-order valence-corrected chi connectivity index (χ0v) is 12.0. The van der Waals surface area contributed by atoms with Gasteiger partial charge in [0.15, 0.2) is 0 Å². The summed E-state index contributed by atoms with van der Waals surface area (Å²) in [5.74, 6) is 1.03. The molecule has 2 fully saturated rings. The number of anilines is 1. The lowest BCUT2D eigenvalue weighted by Crippen LogP contribution is -2.51. The molecule has 1 aromatic carbocycles. The first-order valence-electron chi connectivity index (χ1n) is 7.69. The fourth-order valence-corrected chi connectivity index (χ4v) is 2.91. The Morgan fingerprint density at radius 1 is 1.24 bits per heavy atom. The predicted octanol–water partition coefficient (Wildman–Crippen LogP) is 1.59. The van der Waals surface area contributed by atoms with Crippen LogP contribution in [0.2, 0.25) is 0 Å². The maximum Gasteiger partial charge on any atom is 0.140 e. The Hall–Kier alpha value is -1.72. The second kappa shape index (κ2) is 5.58. The molecule has 1 aromatic heterocycles. The molecule has 1 saturated heterocycles. The summed E-state index contributed by atoms with van der Waals surface area (Å²) in [6.07, 6.45) is 4.28. The molecule has 0 bridgehead atoms. The molecule has 21 heavy (non-hydrogen) atoms. The van der Waals surface area contributed by atoms with Gasteiger partial charge < -0.3 is 15.0 Å². The second-order valence-corrected chi connectivity index (χ2v) is 5.82. The van der Waals surface area contributed by atoms with Crippen LogP contribution in [0.5, 0.6) is 0 Å². The Morgan fingerprint density at radius 3 is 3.05 bits per heavy atom. The highest BCUT2D eigenvalue weighted by atomic mass is 16.5. The Bertz CT molecular complexity index is 623. The van der Waals surface area contributed by atoms with Crippen molar-refractivity contribution >= 4 is 16.7 Å². The van der Waals surface area contributed by atoms with E-state index in [1.54, 1.807) is 6.33 Å². The molecule has 0 radical (unpaired) electrons. The molecule has 1 N–H and O–H groups in total. The van der Waals surface area contributed by atoms with Gasteiger partial charge in [0, 0.05) is 24.5 Å². The van der Waals surface area contributed by atoms with E-state index < -0.39 is 0 Å². The predicted molar refractivity (Wildman–Crippen MR) is 82.5 cm³/mol. The highest BCUT2D eigenvalue weighted by molar-refractivity contribution is 5.89. The van der Waals surface area contributed by atoms with Gasteiger partial charge in [0.1, 0.15) is 12.1 Å². The zero-order chi connectivity index (χ0) is 14.1. The van der Waals surface area contributed by atoms with Crippen molar-refractivity contribution in [2.45, 2.75) is 24.9 Å². The topological polar surface area (TPSA) is 50.3 Å². The van der Waals surface area contributed by atoms with Gasteiger partial charge in [0.05, 0.1) is 24.8 Å². The first-order chi connectivity index (χ1) is 10.4. The lowest BCUT2D eigenvalue weighted by Gasteiger charge is -2.37. The van der Waals surface area contributed by atoms with Crippen molar-refractivity contribution in [1.29, 1.82) is 0 Å². The number of ether oxygens (including phenoxy) is 1. The van der Waals surface area contributed by atoms with Crippen LogP contribution in [-0.2, 0) is 4.74 Å². The molecule has 1 aliphatic heterocycles. The van der Waals surface area contributed by atoms with Crippen LogP contribution >= 0.6 is 0 Å². The summed E-state index contributed by atoms with van der Waals surface area (Å²) >= 11 is 0. The van der Waals surface area contributed by atoms with Gasteiger partial charge >= 0.3 is 0 Å². The Balaban J connectivity index is 1.63. The summed E-state index contributed by atoms with van der Waals surface area (Å²) in [7, 11) is 0. The zero-order valence-electron chi connectivity index (χ0n) is 12.0. The van der Waals surface area contributed by atoms with Crippen molar-refractivity contribution in [3.8, 4) is 0 Å². The van der Waals surface area contributed by atoms with E-state index >= 15 is 0 Å². The Labute approximate surface area is 124 Å². The summed E-state index contributed by atoms with van der Waals surface area (Å²) in [5, 5.41) is 4.73. The van der Waals surface area contributed by atoms with E-state index in [0.717, 1.165) is 49.1 Å². The largest absolute Gasteiger partial charge is 0.377 e. The minimum absolute atomic E-state index is 0.345. The molecule has 2 aliphatic rings. The molecule has 4 rings (SSSR count). The molecule has 110 valence electrons. The number of hydrogen-bond donors (Lipinski definition) is 1. The van der Waals surface area contributed by atoms with Crippen LogP contribution in [0.4, 0.5) is 5.82 Å². The summed E-state index contributed by atoms with van der Waals surface area (Å²) in [6, 6.07) is 9.27. The van der Waals surface area contributed by atoms with Gasteiger partial charge in [0.2, 0.25) is 0 Å². The van der Waals surface area contributed by atoms with Crippen LogP contribution in [0.25, 0.3) is 10.9 Å². The second-order valence-electron chi connectivity index (χ2n) is 5.82. The van der Waals surface area contributed by atoms with Crippen LogP contribution < -0.4 is 10.2 Å². The molecule has 1 saturated carbocycles. The molecule has 5 nitrogen and oxygen atoms in total. The van der Waals surface area contributed by atoms with E-state index in [1.165, 1.54) is 12.8 Å². The quantitative estimate of drug-likeness (QED) is 0.924. The minimum atomic E-state index is 0.345. The number of aromatic nitrogens is 2. The van der Waals surface area contributed by atoms with E-state index in [-0.39, 0.29) is 0 Å². The third-order valence-corrected chi connectivity index (χ3v) is 4.24. The van der Waals surface area contributed by atoms with Gasteiger partial charge in [-0.2, -0.15) is 0 Å². The molecule has 2 heterocycles. The number of nitrogens with one attached hydrogen (secondary N) is 1. The smallest absolute Gasteiger partial charge is 0.140 e. The number of fused-ring (bicyclic) bond motifs is 1. The SMILES string of the molecule is c1ccc2c(N3CCOCC3CNC3CC3)ncnc2c1. The van der Waals surface area contributed by atoms with Crippen molar-refractivity contribution in [3.05, 3.63) is 30.6 Å². The fourth-order valence-electron chi connectivity index (χ4n) is 2.91. The highest BCUT2D eigenvalue weighted by Crippen LogP contribution is 2.26. The van der Waals surface area contributed by atoms with Gasteiger partial charge in [-0.05, 0) is 25.0 Å². The number of morpholine rings is 1. The van der Waals surface area contributed by atoms with Crippen molar-refractivity contribution in [2.24, 2.45) is 0 Å². The van der Waals surface area contributed by atoms with Crippen molar-refractivity contribution in [1.82, 2.24) is 15.3 Å². The average Bonchev–Trinajstić information content (AvgIpc) is 3.37. The van der Waals surface area contributed by atoms with Gasteiger partial charge in [-0.25, -0.2) is 9.97 Å². The average molecular weight is 284 g/mol. The minimum Gasteiger partial charge on any atom is -0.377 e. The van der Waals surface area contributed by atoms with Gasteiger partial charge in [0.25, 0.3) is 0 Å². The molecule has 2 aromatic rings. The first-order valence-corrected chi connectivity index (χ1v) is 7.69. The van der Waals surface area contributed by atoms with Gasteiger partial charge in [-0.15, -0.1) is 0 Å². The molecule has 0 spiro atoms. The number of rotatable bonds is 4. The normalized spacial score (nSPS) is 22.7. The molecule has 1 aliphatic carbocycles. The molecule has 0 amide bonds. The number of para-hydroxylation sites is 1. The van der Waals surface area contributed by atoms with Crippen molar-refractivity contribution < 1.29 is 4.74 Å². The van der Waals surface area contributed by atoms with Gasteiger partial charge in [-0.1, -0.05) is 12.1 Å².